The van der Waals surface area contributed by atoms with Crippen molar-refractivity contribution in [1.82, 2.24) is 34.9 Å². The van der Waals surface area contributed by atoms with Crippen LogP contribution in [0.1, 0.15) is 12.5 Å². The topological polar surface area (TPSA) is 97.4 Å². The summed E-state index contributed by atoms with van der Waals surface area (Å²) in [4.78, 5) is 13.5. The molecule has 0 bridgehead atoms. The van der Waals surface area contributed by atoms with Crippen LogP contribution in [-0.4, -0.2) is 87.1 Å². The summed E-state index contributed by atoms with van der Waals surface area (Å²) in [6, 6.07) is 18.0. The molecule has 0 unspecified atom stereocenters. The number of nitrogens with two attached hydrogens (primary N) is 1. The number of alkyl halides is 1. The van der Waals surface area contributed by atoms with Gasteiger partial charge in [-0.25, -0.2) is 19.0 Å². The first kappa shape index (κ1) is 23.5. The van der Waals surface area contributed by atoms with Gasteiger partial charge in [0.2, 0.25) is 0 Å². The molecule has 5 heterocycles. The summed E-state index contributed by atoms with van der Waals surface area (Å²) in [5.41, 5.74) is 8.39. The summed E-state index contributed by atoms with van der Waals surface area (Å²) in [6.45, 7) is 5.47. The van der Waals surface area contributed by atoms with Crippen LogP contribution in [0.4, 0.5) is 10.2 Å². The van der Waals surface area contributed by atoms with E-state index in [0.29, 0.717) is 53.3 Å². The van der Waals surface area contributed by atoms with E-state index in [1.807, 2.05) is 54.6 Å². The number of ether oxygens (including phenoxy) is 1. The molecular formula is C28H31FN8O. The first-order valence-electron chi connectivity index (χ1n) is 13.3. The van der Waals surface area contributed by atoms with Gasteiger partial charge >= 0.3 is 0 Å². The van der Waals surface area contributed by atoms with Crippen molar-refractivity contribution in [2.45, 2.75) is 30.7 Å². The smallest absolute Gasteiger partial charge is 0.164 e. The minimum atomic E-state index is -1.04. The molecule has 3 N–H and O–H groups in total. The molecule has 38 heavy (non-hydrogen) atoms. The highest BCUT2D eigenvalue weighted by Gasteiger charge is 2.42. The van der Waals surface area contributed by atoms with Crippen LogP contribution >= 0.6 is 0 Å². The van der Waals surface area contributed by atoms with Crippen LogP contribution in [0.2, 0.25) is 0 Å². The van der Waals surface area contributed by atoms with Gasteiger partial charge < -0.3 is 15.8 Å². The third-order valence-corrected chi connectivity index (χ3v) is 8.16. The predicted octanol–water partition coefficient (Wildman–Crippen LogP) is 3.11. The number of para-hydroxylation sites is 1. The largest absolute Gasteiger partial charge is 0.457 e. The molecule has 3 saturated heterocycles. The zero-order chi connectivity index (χ0) is 25.6. The Labute approximate surface area is 220 Å². The second kappa shape index (κ2) is 9.61. The normalized spacial score (nSPS) is 23.3. The maximum absolute atomic E-state index is 15.7. The van der Waals surface area contributed by atoms with Crippen LogP contribution in [0.3, 0.4) is 0 Å². The Kier molecular flexibility index (Phi) is 5.95. The van der Waals surface area contributed by atoms with E-state index < -0.39 is 12.2 Å². The molecule has 10 heteroatoms. The number of rotatable bonds is 6. The first-order chi connectivity index (χ1) is 18.6. The quantitative estimate of drug-likeness (QED) is 0.405. The lowest BCUT2D eigenvalue weighted by atomic mass is 9.96. The fourth-order valence-electron chi connectivity index (χ4n) is 5.81. The van der Waals surface area contributed by atoms with Crippen molar-refractivity contribution in [2.24, 2.45) is 0 Å². The number of anilines is 1. The maximum atomic E-state index is 15.7. The number of likely N-dealkylation sites (tertiary alicyclic amines) is 2. The number of nitrogens with zero attached hydrogens (tertiary/aromatic N) is 6. The number of nitrogens with one attached hydrogen (secondary N) is 1. The van der Waals surface area contributed by atoms with Crippen molar-refractivity contribution in [3.8, 4) is 22.8 Å². The molecule has 0 radical (unpaired) electrons. The predicted molar refractivity (Wildman–Crippen MR) is 144 cm³/mol. The fraction of sp³-hybridized carbons (Fsp3) is 0.393. The van der Waals surface area contributed by atoms with Crippen LogP contribution in [0.5, 0.6) is 11.5 Å². The molecule has 3 aliphatic rings. The van der Waals surface area contributed by atoms with Crippen LogP contribution in [0.15, 0.2) is 60.9 Å². The molecule has 196 valence electrons. The molecule has 0 saturated carbocycles. The van der Waals surface area contributed by atoms with Gasteiger partial charge in [0.1, 0.15) is 35.5 Å². The average Bonchev–Trinajstić information content (AvgIpc) is 3.26. The van der Waals surface area contributed by atoms with E-state index in [-0.39, 0.29) is 0 Å². The highest BCUT2D eigenvalue weighted by molar-refractivity contribution is 5.98. The lowest BCUT2D eigenvalue weighted by Crippen LogP contribution is -2.69. The Bertz CT molecular complexity index is 1420. The third kappa shape index (κ3) is 4.18. The molecule has 0 aliphatic carbocycles. The average molecular weight is 515 g/mol. The zero-order valence-corrected chi connectivity index (χ0v) is 21.1. The van der Waals surface area contributed by atoms with Crippen molar-refractivity contribution in [1.29, 1.82) is 0 Å². The van der Waals surface area contributed by atoms with Crippen LogP contribution < -0.4 is 15.8 Å². The van der Waals surface area contributed by atoms with Crippen LogP contribution in [0.25, 0.3) is 22.3 Å². The Balaban J connectivity index is 1.12. The molecule has 2 aromatic heterocycles. The van der Waals surface area contributed by atoms with E-state index in [2.05, 4.69) is 25.1 Å². The maximum Gasteiger partial charge on any atom is 0.164 e. The Morgan fingerprint density at radius 3 is 2.37 bits per heavy atom. The summed E-state index contributed by atoms with van der Waals surface area (Å²) >= 11 is 0. The van der Waals surface area contributed by atoms with Crippen LogP contribution in [0, 0.1) is 0 Å². The second-order valence-corrected chi connectivity index (χ2v) is 10.5. The summed E-state index contributed by atoms with van der Waals surface area (Å²) < 4.78 is 23.4. The number of aromatic nitrogens is 4. The highest BCUT2D eigenvalue weighted by Crippen LogP contribution is 2.36. The minimum Gasteiger partial charge on any atom is -0.457 e. The molecule has 4 aromatic rings. The van der Waals surface area contributed by atoms with Crippen molar-refractivity contribution in [3.63, 3.8) is 0 Å². The molecule has 9 nitrogen and oxygen atoms in total. The van der Waals surface area contributed by atoms with E-state index in [0.717, 1.165) is 44.0 Å². The van der Waals surface area contributed by atoms with Gasteiger partial charge in [-0.15, -0.1) is 0 Å². The standard InChI is InChI=1S/C28H31FN8O/c29-23-16-35(20-14-36(15-20)19-12-31-13-19)11-10-24(23)37-28-25(27(30)32-17-33-28)26(34-37)18-6-8-22(9-7-18)38-21-4-2-1-3-5-21/h1-9,17,19-20,23-24,31H,10-16H2,(H2,30,32,33)/t23-,24-/m0/s1. The fourth-order valence-corrected chi connectivity index (χ4v) is 5.81. The summed E-state index contributed by atoms with van der Waals surface area (Å²) in [5.74, 6) is 1.82. The molecule has 0 amide bonds. The van der Waals surface area contributed by atoms with Gasteiger partial charge in [0.05, 0.1) is 11.4 Å². The summed E-state index contributed by atoms with van der Waals surface area (Å²) in [6.07, 6.45) is 1.06. The highest BCUT2D eigenvalue weighted by atomic mass is 19.1. The van der Waals surface area contributed by atoms with Gasteiger partial charge in [-0.05, 0) is 42.8 Å². The third-order valence-electron chi connectivity index (χ3n) is 8.16. The zero-order valence-electron chi connectivity index (χ0n) is 21.1. The monoisotopic (exact) mass is 514 g/mol. The Morgan fingerprint density at radius 2 is 1.66 bits per heavy atom. The lowest BCUT2D eigenvalue weighted by molar-refractivity contribution is -0.0386. The molecular weight excluding hydrogens is 483 g/mol. The van der Waals surface area contributed by atoms with Gasteiger partial charge in [-0.1, -0.05) is 18.2 Å². The van der Waals surface area contributed by atoms with Gasteiger partial charge in [0.15, 0.2) is 5.65 Å². The van der Waals surface area contributed by atoms with Gasteiger partial charge in [0, 0.05) is 56.9 Å². The summed E-state index contributed by atoms with van der Waals surface area (Å²) in [5, 5.41) is 8.87. The number of hydrogen-bond donors (Lipinski definition) is 2. The van der Waals surface area contributed by atoms with Crippen molar-refractivity contribution < 1.29 is 9.13 Å². The number of piperidine rings is 1. The van der Waals surface area contributed by atoms with Gasteiger partial charge in [-0.3, -0.25) is 9.80 Å². The van der Waals surface area contributed by atoms with Crippen LogP contribution in [-0.2, 0) is 0 Å². The lowest BCUT2D eigenvalue weighted by Gasteiger charge is -2.53. The summed E-state index contributed by atoms with van der Waals surface area (Å²) in [7, 11) is 0. The SMILES string of the molecule is Nc1ncnc2c1c(-c1ccc(Oc3ccccc3)cc1)nn2[C@H]1CCN(C2CN(C3CNC3)C2)C[C@@H]1F. The first-order valence-corrected chi connectivity index (χ1v) is 13.3. The molecule has 3 fully saturated rings. The van der Waals surface area contributed by atoms with E-state index in [4.69, 9.17) is 15.6 Å². The second-order valence-electron chi connectivity index (χ2n) is 10.5. The minimum absolute atomic E-state index is 0.341. The van der Waals surface area contributed by atoms with Gasteiger partial charge in [0.25, 0.3) is 0 Å². The van der Waals surface area contributed by atoms with E-state index in [1.54, 1.807) is 4.68 Å². The number of halogens is 1. The van der Waals surface area contributed by atoms with E-state index >= 15 is 4.39 Å². The number of benzene rings is 2. The Morgan fingerprint density at radius 1 is 0.895 bits per heavy atom. The molecule has 0 spiro atoms. The van der Waals surface area contributed by atoms with Crippen molar-refractivity contribution >= 4 is 16.9 Å². The number of fused-ring (bicyclic) bond motifs is 1. The number of nitrogen functional groups attached to an aromatic ring is 1. The molecule has 3 aliphatic heterocycles. The van der Waals surface area contributed by atoms with E-state index in [1.165, 1.54) is 6.33 Å². The van der Waals surface area contributed by atoms with Crippen molar-refractivity contribution in [2.75, 3.05) is 45.0 Å². The van der Waals surface area contributed by atoms with E-state index in [9.17, 15) is 0 Å². The van der Waals surface area contributed by atoms with Gasteiger partial charge in [-0.2, -0.15) is 5.10 Å². The number of hydrogen-bond acceptors (Lipinski definition) is 8. The molecule has 2 atom stereocenters. The molecule has 2 aromatic carbocycles. The van der Waals surface area contributed by atoms with Crippen molar-refractivity contribution in [3.05, 3.63) is 60.9 Å². The Hall–Kier alpha value is -3.60. The molecule has 7 rings (SSSR count).